The minimum Gasteiger partial charge on any atom is -0.348 e. The number of amides is 2. The fraction of sp³-hybridized carbons (Fsp3) is 0.500. The molecule has 2 fully saturated rings. The van der Waals surface area contributed by atoms with Gasteiger partial charge in [-0.15, -0.1) is 11.8 Å². The van der Waals surface area contributed by atoms with E-state index < -0.39 is 5.92 Å². The molecule has 2 aromatic heterocycles. The Morgan fingerprint density at radius 3 is 2.51 bits per heavy atom. The number of aryl methyl sites for hydroxylation is 1. The lowest BCUT2D eigenvalue weighted by molar-refractivity contribution is -0.114. The van der Waals surface area contributed by atoms with E-state index in [1.165, 1.54) is 18.7 Å². The molecule has 11 heteroatoms. The summed E-state index contributed by atoms with van der Waals surface area (Å²) in [6.45, 7) is 7.40. The van der Waals surface area contributed by atoms with Gasteiger partial charge in [0.25, 0.3) is 17.4 Å². The van der Waals surface area contributed by atoms with E-state index in [2.05, 4.69) is 32.4 Å². The lowest BCUT2D eigenvalue weighted by atomic mass is 9.74. The summed E-state index contributed by atoms with van der Waals surface area (Å²) in [6, 6.07) is 7.54. The van der Waals surface area contributed by atoms with Crippen molar-refractivity contribution in [2.24, 2.45) is 5.92 Å². The number of carbonyl (C=O) groups is 2. The SMILES string of the molecule is CSc1cc(C)[nH]c(=O)c1CNC(=O)c1c(C)n([C@H](C)C2CC(NC3CC(F)(F)C3)C2)c2cc(NC(C)=O)ccc12. The zero-order valence-corrected chi connectivity index (χ0v) is 24.8. The molecule has 2 aliphatic carbocycles. The molecule has 0 aliphatic heterocycles. The molecular formula is C30H37F2N5O3S. The van der Waals surface area contributed by atoms with E-state index in [9.17, 15) is 23.2 Å². The predicted molar refractivity (Wildman–Crippen MR) is 158 cm³/mol. The number of alkyl halides is 2. The van der Waals surface area contributed by atoms with Crippen LogP contribution in [0, 0.1) is 19.8 Å². The Kier molecular flexibility index (Phi) is 8.04. The van der Waals surface area contributed by atoms with E-state index in [1.807, 2.05) is 38.3 Å². The molecule has 2 amide bonds. The van der Waals surface area contributed by atoms with Crippen molar-refractivity contribution in [2.45, 2.75) is 88.9 Å². The third-order valence-electron chi connectivity index (χ3n) is 8.50. The number of thioether (sulfide) groups is 1. The van der Waals surface area contributed by atoms with Crippen LogP contribution in [0.2, 0.25) is 0 Å². The van der Waals surface area contributed by atoms with Gasteiger partial charge in [-0.1, -0.05) is 0 Å². The fourth-order valence-corrected chi connectivity index (χ4v) is 7.04. The Labute approximate surface area is 242 Å². The average Bonchev–Trinajstić information content (AvgIpc) is 3.13. The largest absolute Gasteiger partial charge is 0.348 e. The van der Waals surface area contributed by atoms with Gasteiger partial charge in [-0.3, -0.25) is 14.4 Å². The highest BCUT2D eigenvalue weighted by Crippen LogP contribution is 2.43. The second-order valence-corrected chi connectivity index (χ2v) is 12.4. The number of hydrogen-bond acceptors (Lipinski definition) is 5. The monoisotopic (exact) mass is 585 g/mol. The van der Waals surface area contributed by atoms with Gasteiger partial charge in [0.15, 0.2) is 0 Å². The number of nitrogens with zero attached hydrogens (tertiary/aromatic N) is 1. The van der Waals surface area contributed by atoms with Crippen molar-refractivity contribution >= 4 is 40.2 Å². The molecule has 1 atom stereocenters. The molecule has 2 heterocycles. The van der Waals surface area contributed by atoms with Gasteiger partial charge in [-0.25, -0.2) is 8.78 Å². The molecule has 3 aromatic rings. The van der Waals surface area contributed by atoms with Gasteiger partial charge >= 0.3 is 0 Å². The molecule has 5 rings (SSSR count). The molecule has 4 N–H and O–H groups in total. The number of nitrogens with one attached hydrogen (secondary N) is 4. The first kappa shape index (κ1) is 29.3. The highest BCUT2D eigenvalue weighted by Gasteiger charge is 2.47. The molecule has 2 aliphatic rings. The second kappa shape index (κ2) is 11.2. The normalized spacial score (nSPS) is 20.8. The number of H-pyrrole nitrogens is 1. The molecule has 41 heavy (non-hydrogen) atoms. The van der Waals surface area contributed by atoms with Crippen molar-refractivity contribution in [3.63, 3.8) is 0 Å². The summed E-state index contributed by atoms with van der Waals surface area (Å²) >= 11 is 1.46. The lowest BCUT2D eigenvalue weighted by Crippen LogP contribution is -2.55. The number of fused-ring (bicyclic) bond motifs is 1. The van der Waals surface area contributed by atoms with Crippen molar-refractivity contribution in [1.82, 2.24) is 20.2 Å². The topological polar surface area (TPSA) is 108 Å². The number of benzene rings is 1. The van der Waals surface area contributed by atoms with Gasteiger partial charge in [-0.05, 0) is 70.1 Å². The molecule has 0 bridgehead atoms. The maximum absolute atomic E-state index is 13.7. The van der Waals surface area contributed by atoms with Gasteiger partial charge in [-0.2, -0.15) is 0 Å². The molecule has 2 saturated carbocycles. The number of aromatic amines is 1. The summed E-state index contributed by atoms with van der Waals surface area (Å²) in [6.07, 6.45) is 3.43. The molecule has 0 radical (unpaired) electrons. The third-order valence-corrected chi connectivity index (χ3v) is 9.30. The minimum atomic E-state index is -2.54. The fourth-order valence-electron chi connectivity index (χ4n) is 6.34. The number of aromatic nitrogens is 2. The van der Waals surface area contributed by atoms with Crippen molar-refractivity contribution in [2.75, 3.05) is 11.6 Å². The molecule has 8 nitrogen and oxygen atoms in total. The maximum atomic E-state index is 13.7. The Hall–Kier alpha value is -3.18. The van der Waals surface area contributed by atoms with Crippen LogP contribution in [0.15, 0.2) is 34.0 Å². The molecular weight excluding hydrogens is 548 g/mol. The van der Waals surface area contributed by atoms with Crippen LogP contribution >= 0.6 is 11.8 Å². The van der Waals surface area contributed by atoms with Crippen LogP contribution < -0.4 is 21.5 Å². The van der Waals surface area contributed by atoms with E-state index in [0.29, 0.717) is 22.7 Å². The van der Waals surface area contributed by atoms with E-state index in [1.54, 1.807) is 6.07 Å². The summed E-state index contributed by atoms with van der Waals surface area (Å²) in [5, 5.41) is 9.92. The average molecular weight is 586 g/mol. The van der Waals surface area contributed by atoms with Crippen LogP contribution in [-0.4, -0.2) is 45.6 Å². The van der Waals surface area contributed by atoms with Gasteiger partial charge in [0, 0.05) is 77.4 Å². The predicted octanol–water partition coefficient (Wildman–Crippen LogP) is 5.28. The Bertz CT molecular complexity index is 1550. The highest BCUT2D eigenvalue weighted by atomic mass is 32.2. The van der Waals surface area contributed by atoms with Crippen LogP contribution in [0.4, 0.5) is 14.5 Å². The zero-order valence-electron chi connectivity index (χ0n) is 24.0. The molecule has 220 valence electrons. The molecule has 0 spiro atoms. The Morgan fingerprint density at radius 1 is 1.17 bits per heavy atom. The summed E-state index contributed by atoms with van der Waals surface area (Å²) in [5.41, 5.74) is 3.84. The van der Waals surface area contributed by atoms with Gasteiger partial charge in [0.2, 0.25) is 5.91 Å². The Balaban J connectivity index is 1.41. The van der Waals surface area contributed by atoms with Gasteiger partial charge in [0.1, 0.15) is 0 Å². The number of rotatable bonds is 9. The van der Waals surface area contributed by atoms with E-state index in [0.717, 1.165) is 40.0 Å². The van der Waals surface area contributed by atoms with Crippen LogP contribution in [0.1, 0.15) is 72.9 Å². The summed E-state index contributed by atoms with van der Waals surface area (Å²) < 4.78 is 28.7. The maximum Gasteiger partial charge on any atom is 0.254 e. The van der Waals surface area contributed by atoms with E-state index in [-0.39, 0.29) is 54.9 Å². The van der Waals surface area contributed by atoms with Crippen LogP contribution in [0.25, 0.3) is 10.9 Å². The van der Waals surface area contributed by atoms with Crippen molar-refractivity contribution < 1.29 is 18.4 Å². The zero-order chi connectivity index (χ0) is 29.6. The first-order chi connectivity index (χ1) is 19.4. The highest BCUT2D eigenvalue weighted by molar-refractivity contribution is 7.98. The number of carbonyl (C=O) groups excluding carboxylic acids is 2. The summed E-state index contributed by atoms with van der Waals surface area (Å²) in [5.74, 6) is -2.70. The first-order valence-electron chi connectivity index (χ1n) is 14.0. The van der Waals surface area contributed by atoms with E-state index in [4.69, 9.17) is 0 Å². The smallest absolute Gasteiger partial charge is 0.254 e. The first-order valence-corrected chi connectivity index (χ1v) is 15.2. The lowest BCUT2D eigenvalue weighted by Gasteiger charge is -2.45. The Morgan fingerprint density at radius 2 is 1.88 bits per heavy atom. The minimum absolute atomic E-state index is 0.0375. The third kappa shape index (κ3) is 5.92. The summed E-state index contributed by atoms with van der Waals surface area (Å²) in [7, 11) is 0. The summed E-state index contributed by atoms with van der Waals surface area (Å²) in [4.78, 5) is 41.7. The molecule has 0 unspecified atom stereocenters. The quantitative estimate of drug-likeness (QED) is 0.256. The number of hydrogen-bond donors (Lipinski definition) is 4. The van der Waals surface area contributed by atoms with E-state index >= 15 is 0 Å². The standard InChI is InChI=1S/C30H37F2N5O3S/c1-15-8-26(41-5)24(28(39)34-15)14-33-29(40)27-17(3)37(25-11-20(35-18(4)38)6-7-23(25)27)16(2)19-9-21(10-19)36-22-12-30(31,32)13-22/h6-8,11,16,19,21-22,36H,9-10,12-14H2,1-5H3,(H,33,40)(H,34,39)(H,35,38)/t16-,19?,21?/m1/s1. The van der Waals surface area contributed by atoms with Crippen molar-refractivity contribution in [1.29, 1.82) is 0 Å². The van der Waals surface area contributed by atoms with Crippen molar-refractivity contribution in [3.05, 3.63) is 57.1 Å². The number of halogens is 2. The van der Waals surface area contributed by atoms with Crippen LogP contribution in [0.3, 0.4) is 0 Å². The van der Waals surface area contributed by atoms with Crippen LogP contribution in [0.5, 0.6) is 0 Å². The van der Waals surface area contributed by atoms with Crippen molar-refractivity contribution in [3.8, 4) is 0 Å². The van der Waals surface area contributed by atoms with Crippen LogP contribution in [-0.2, 0) is 11.3 Å². The van der Waals surface area contributed by atoms with Gasteiger partial charge in [0.05, 0.1) is 11.1 Å². The molecule has 0 saturated heterocycles. The number of pyridine rings is 1. The molecule has 1 aromatic carbocycles. The van der Waals surface area contributed by atoms with Gasteiger partial charge < -0.3 is 25.5 Å². The number of anilines is 1. The second-order valence-electron chi connectivity index (χ2n) is 11.6.